The smallest absolute Gasteiger partial charge is 0.325 e. The Labute approximate surface area is 99.8 Å². The predicted molar refractivity (Wildman–Crippen MR) is 63.4 cm³/mol. The van der Waals surface area contributed by atoms with Crippen LogP contribution in [0.5, 0.6) is 0 Å². The van der Waals surface area contributed by atoms with Gasteiger partial charge in [0.2, 0.25) is 0 Å². The molecule has 6 heteroatoms. The van der Waals surface area contributed by atoms with Crippen LogP contribution in [0.2, 0.25) is 0 Å². The number of rotatable bonds is 5. The highest BCUT2D eigenvalue weighted by Crippen LogP contribution is 2.30. The molecule has 0 bridgehead atoms. The molecule has 1 heterocycles. The molecule has 1 aliphatic carbocycles. The SMILES string of the molecule is CCOC(=O)CN(c1ccc(N)nn1)C1CC1. The van der Waals surface area contributed by atoms with Gasteiger partial charge in [-0.2, -0.15) is 0 Å². The Hall–Kier alpha value is -1.85. The maximum absolute atomic E-state index is 11.5. The van der Waals surface area contributed by atoms with Crippen LogP contribution in [0.1, 0.15) is 19.8 Å². The van der Waals surface area contributed by atoms with Gasteiger partial charge in [0.05, 0.1) is 6.61 Å². The fourth-order valence-corrected chi connectivity index (χ4v) is 1.62. The molecule has 2 N–H and O–H groups in total. The molecule has 2 rings (SSSR count). The first-order valence-electron chi connectivity index (χ1n) is 5.72. The van der Waals surface area contributed by atoms with Crippen LogP contribution >= 0.6 is 0 Å². The minimum atomic E-state index is -0.238. The molecule has 1 fully saturated rings. The van der Waals surface area contributed by atoms with E-state index >= 15 is 0 Å². The van der Waals surface area contributed by atoms with E-state index in [-0.39, 0.29) is 12.5 Å². The topological polar surface area (TPSA) is 81.3 Å². The monoisotopic (exact) mass is 236 g/mol. The van der Waals surface area contributed by atoms with Crippen molar-refractivity contribution < 1.29 is 9.53 Å². The molecular weight excluding hydrogens is 220 g/mol. The lowest BCUT2D eigenvalue weighted by Gasteiger charge is -2.21. The molecule has 0 radical (unpaired) electrons. The average molecular weight is 236 g/mol. The van der Waals surface area contributed by atoms with E-state index in [9.17, 15) is 4.79 Å². The highest BCUT2D eigenvalue weighted by Gasteiger charge is 2.31. The summed E-state index contributed by atoms with van der Waals surface area (Å²) in [7, 11) is 0. The number of hydrogen-bond acceptors (Lipinski definition) is 6. The molecule has 0 atom stereocenters. The molecule has 0 spiro atoms. The number of aromatic nitrogens is 2. The second-order valence-corrected chi connectivity index (χ2v) is 3.98. The van der Waals surface area contributed by atoms with Crippen molar-refractivity contribution in [2.24, 2.45) is 0 Å². The Morgan fingerprint density at radius 3 is 2.82 bits per heavy atom. The predicted octanol–water partition coefficient (Wildman–Crippen LogP) is 0.591. The molecule has 6 nitrogen and oxygen atoms in total. The van der Waals surface area contributed by atoms with Gasteiger partial charge in [0, 0.05) is 6.04 Å². The average Bonchev–Trinajstić information content (AvgIpc) is 3.12. The van der Waals surface area contributed by atoms with E-state index in [1.54, 1.807) is 19.1 Å². The van der Waals surface area contributed by atoms with E-state index in [2.05, 4.69) is 10.2 Å². The number of nitrogen functional groups attached to an aromatic ring is 1. The van der Waals surface area contributed by atoms with Crippen molar-refractivity contribution in [1.82, 2.24) is 10.2 Å². The van der Waals surface area contributed by atoms with Gasteiger partial charge in [-0.15, -0.1) is 10.2 Å². The van der Waals surface area contributed by atoms with Crippen LogP contribution in [0, 0.1) is 0 Å². The van der Waals surface area contributed by atoms with Gasteiger partial charge in [0.25, 0.3) is 0 Å². The molecule has 1 aromatic rings. The molecule has 0 aromatic carbocycles. The van der Waals surface area contributed by atoms with Crippen molar-refractivity contribution in [2.45, 2.75) is 25.8 Å². The van der Waals surface area contributed by atoms with Crippen LogP contribution in [0.3, 0.4) is 0 Å². The minimum absolute atomic E-state index is 0.219. The van der Waals surface area contributed by atoms with Gasteiger partial charge in [0.1, 0.15) is 12.4 Å². The summed E-state index contributed by atoms with van der Waals surface area (Å²) in [5.41, 5.74) is 5.48. The maximum Gasteiger partial charge on any atom is 0.325 e. The fraction of sp³-hybridized carbons (Fsp3) is 0.545. The van der Waals surface area contributed by atoms with Gasteiger partial charge in [-0.1, -0.05) is 0 Å². The number of carbonyl (C=O) groups excluding carboxylic acids is 1. The van der Waals surface area contributed by atoms with Crippen molar-refractivity contribution in [2.75, 3.05) is 23.8 Å². The lowest BCUT2D eigenvalue weighted by molar-refractivity contribution is -0.141. The Morgan fingerprint density at radius 1 is 1.53 bits per heavy atom. The van der Waals surface area contributed by atoms with E-state index in [1.807, 2.05) is 4.90 Å². The number of carbonyl (C=O) groups is 1. The first-order valence-corrected chi connectivity index (χ1v) is 5.72. The first-order chi connectivity index (χ1) is 8.20. The van der Waals surface area contributed by atoms with Gasteiger partial charge in [0.15, 0.2) is 5.82 Å². The van der Waals surface area contributed by atoms with E-state index in [0.717, 1.165) is 12.8 Å². The second-order valence-electron chi connectivity index (χ2n) is 3.98. The third kappa shape index (κ3) is 3.05. The third-order valence-corrected chi connectivity index (χ3v) is 2.56. The highest BCUT2D eigenvalue weighted by atomic mass is 16.5. The number of nitrogens with zero attached hydrogens (tertiary/aromatic N) is 3. The third-order valence-electron chi connectivity index (χ3n) is 2.56. The number of ether oxygens (including phenoxy) is 1. The number of hydrogen-bond donors (Lipinski definition) is 1. The van der Waals surface area contributed by atoms with E-state index in [4.69, 9.17) is 10.5 Å². The van der Waals surface area contributed by atoms with E-state index in [0.29, 0.717) is 24.3 Å². The van der Waals surface area contributed by atoms with Gasteiger partial charge < -0.3 is 15.4 Å². The van der Waals surface area contributed by atoms with Crippen LogP contribution in [-0.4, -0.2) is 35.4 Å². The van der Waals surface area contributed by atoms with E-state index in [1.165, 1.54) is 0 Å². The van der Waals surface area contributed by atoms with Crippen molar-refractivity contribution in [3.05, 3.63) is 12.1 Å². The summed E-state index contributed by atoms with van der Waals surface area (Å²) in [6, 6.07) is 3.83. The maximum atomic E-state index is 11.5. The quantitative estimate of drug-likeness (QED) is 0.753. The molecule has 0 amide bonds. The summed E-state index contributed by atoms with van der Waals surface area (Å²) >= 11 is 0. The molecule has 0 saturated heterocycles. The Morgan fingerprint density at radius 2 is 2.29 bits per heavy atom. The molecule has 92 valence electrons. The van der Waals surface area contributed by atoms with Gasteiger partial charge >= 0.3 is 5.97 Å². The molecule has 0 aliphatic heterocycles. The fourth-order valence-electron chi connectivity index (χ4n) is 1.62. The van der Waals surface area contributed by atoms with Crippen LogP contribution in [0.15, 0.2) is 12.1 Å². The first kappa shape index (κ1) is 11.6. The van der Waals surface area contributed by atoms with Crippen LogP contribution in [0.25, 0.3) is 0 Å². The van der Waals surface area contributed by atoms with Crippen molar-refractivity contribution >= 4 is 17.6 Å². The van der Waals surface area contributed by atoms with Crippen LogP contribution in [0.4, 0.5) is 11.6 Å². The summed E-state index contributed by atoms with van der Waals surface area (Å²) in [4.78, 5) is 13.4. The van der Waals surface area contributed by atoms with Crippen molar-refractivity contribution in [3.8, 4) is 0 Å². The summed E-state index contributed by atoms with van der Waals surface area (Å²) in [6.07, 6.45) is 2.15. The van der Waals surface area contributed by atoms with Crippen molar-refractivity contribution in [1.29, 1.82) is 0 Å². The van der Waals surface area contributed by atoms with Gasteiger partial charge in [-0.3, -0.25) is 4.79 Å². The van der Waals surface area contributed by atoms with Crippen LogP contribution < -0.4 is 10.6 Å². The standard InChI is InChI=1S/C11H16N4O2/c1-2-17-11(16)7-15(8-3-4-8)10-6-5-9(12)13-14-10/h5-6,8H,2-4,7H2,1H3,(H2,12,13). The summed E-state index contributed by atoms with van der Waals surface area (Å²) in [5.74, 6) is 0.813. The Bertz CT molecular complexity index is 389. The summed E-state index contributed by atoms with van der Waals surface area (Å²) < 4.78 is 4.94. The second kappa shape index (κ2) is 4.99. The zero-order valence-corrected chi connectivity index (χ0v) is 9.80. The molecule has 17 heavy (non-hydrogen) atoms. The Kier molecular flexibility index (Phi) is 3.41. The minimum Gasteiger partial charge on any atom is -0.465 e. The molecule has 1 aromatic heterocycles. The number of nitrogens with two attached hydrogens (primary N) is 1. The zero-order chi connectivity index (χ0) is 12.3. The molecule has 0 unspecified atom stereocenters. The van der Waals surface area contributed by atoms with E-state index < -0.39 is 0 Å². The summed E-state index contributed by atoms with van der Waals surface area (Å²) in [6.45, 7) is 2.41. The van der Waals surface area contributed by atoms with Gasteiger partial charge in [-0.25, -0.2) is 0 Å². The van der Waals surface area contributed by atoms with Gasteiger partial charge in [-0.05, 0) is 31.9 Å². The largest absolute Gasteiger partial charge is 0.465 e. The lowest BCUT2D eigenvalue weighted by atomic mass is 10.4. The molecular formula is C11H16N4O2. The zero-order valence-electron chi connectivity index (χ0n) is 9.80. The van der Waals surface area contributed by atoms with Crippen molar-refractivity contribution in [3.63, 3.8) is 0 Å². The Balaban J connectivity index is 2.06. The molecule has 1 saturated carbocycles. The van der Waals surface area contributed by atoms with Crippen LogP contribution in [-0.2, 0) is 9.53 Å². The normalized spacial score (nSPS) is 14.4. The lowest BCUT2D eigenvalue weighted by Crippen LogP contribution is -2.33. The number of esters is 1. The molecule has 1 aliphatic rings. The summed E-state index contributed by atoms with van der Waals surface area (Å²) in [5, 5.41) is 7.79. The highest BCUT2D eigenvalue weighted by molar-refractivity contribution is 5.75. The number of anilines is 2.